The second-order valence-corrected chi connectivity index (χ2v) is 7.18. The third-order valence-electron chi connectivity index (χ3n) is 5.50. The quantitative estimate of drug-likeness (QED) is 0.873. The molecule has 2 atom stereocenters. The van der Waals surface area contributed by atoms with Crippen LogP contribution in [0.15, 0.2) is 36.7 Å². The number of hydrogen-bond donors (Lipinski definition) is 1. The number of aromatic nitrogens is 2. The van der Waals surface area contributed by atoms with Gasteiger partial charge in [0.05, 0.1) is 12.5 Å². The molecule has 2 bridgehead atoms. The van der Waals surface area contributed by atoms with E-state index >= 15 is 0 Å². The van der Waals surface area contributed by atoms with Crippen LogP contribution in [0.5, 0.6) is 0 Å². The van der Waals surface area contributed by atoms with Gasteiger partial charge in [-0.1, -0.05) is 12.1 Å². The predicted molar refractivity (Wildman–Crippen MR) is 100 cm³/mol. The first-order chi connectivity index (χ1) is 13.2. The number of carbonyl (C=O) groups is 2. The average Bonchev–Trinajstić information content (AvgIpc) is 3.10. The van der Waals surface area contributed by atoms with Crippen LogP contribution >= 0.6 is 0 Å². The first-order valence-corrected chi connectivity index (χ1v) is 9.36. The summed E-state index contributed by atoms with van der Waals surface area (Å²) in [6, 6.07) is 7.55. The fraction of sp³-hybridized carbons (Fsp3) is 0.450. The summed E-state index contributed by atoms with van der Waals surface area (Å²) in [6.45, 7) is 2.18. The topological polar surface area (TPSA) is 78.5 Å². The number of H-pyrrole nitrogens is 1. The largest absolute Gasteiger partial charge is 0.383 e. The van der Waals surface area contributed by atoms with Gasteiger partial charge in [0.15, 0.2) is 0 Å². The molecule has 2 amide bonds. The Morgan fingerprint density at radius 2 is 2.22 bits per heavy atom. The molecule has 142 valence electrons. The highest BCUT2D eigenvalue weighted by molar-refractivity contribution is 5.96. The maximum Gasteiger partial charge on any atom is 0.253 e. The minimum atomic E-state index is -0.113. The Morgan fingerprint density at radius 3 is 3.00 bits per heavy atom. The van der Waals surface area contributed by atoms with Crippen LogP contribution < -0.4 is 0 Å². The number of ether oxygens (including phenoxy) is 1. The van der Waals surface area contributed by atoms with E-state index in [-0.39, 0.29) is 23.8 Å². The average molecular weight is 368 g/mol. The molecule has 0 unspecified atom stereocenters. The van der Waals surface area contributed by atoms with E-state index in [1.165, 1.54) is 0 Å². The summed E-state index contributed by atoms with van der Waals surface area (Å²) in [7, 11) is 1.64. The fourth-order valence-corrected chi connectivity index (χ4v) is 4.09. The molecule has 3 fully saturated rings. The van der Waals surface area contributed by atoms with E-state index in [2.05, 4.69) is 9.97 Å². The van der Waals surface area contributed by atoms with Crippen molar-refractivity contribution < 1.29 is 14.3 Å². The zero-order valence-electron chi connectivity index (χ0n) is 15.4. The van der Waals surface area contributed by atoms with Gasteiger partial charge in [-0.3, -0.25) is 9.59 Å². The lowest BCUT2D eigenvalue weighted by atomic mass is 9.94. The number of fused-ring (bicyclic) bond motifs is 4. The van der Waals surface area contributed by atoms with Gasteiger partial charge in [0.2, 0.25) is 5.91 Å². The molecular weight excluding hydrogens is 344 g/mol. The first kappa shape index (κ1) is 17.7. The van der Waals surface area contributed by atoms with Crippen LogP contribution in [-0.4, -0.2) is 71.0 Å². The van der Waals surface area contributed by atoms with E-state index < -0.39 is 0 Å². The number of aromatic amines is 1. The van der Waals surface area contributed by atoms with Gasteiger partial charge in [-0.05, 0) is 25.0 Å². The number of carbonyl (C=O) groups excluding carboxylic acids is 2. The summed E-state index contributed by atoms with van der Waals surface area (Å²) in [5, 5.41) is 0. The Morgan fingerprint density at radius 1 is 1.33 bits per heavy atom. The van der Waals surface area contributed by atoms with E-state index in [0.29, 0.717) is 31.8 Å². The number of nitrogens with one attached hydrogen (secondary N) is 1. The molecule has 4 heterocycles. The Hall–Kier alpha value is -2.67. The number of nitrogens with zero attached hydrogens (tertiary/aromatic N) is 3. The lowest BCUT2D eigenvalue weighted by Crippen LogP contribution is -2.49. The fourth-order valence-electron chi connectivity index (χ4n) is 4.09. The SMILES string of the molecule is COCCN1C(=O)[C@H]2CC[C@@H]1CN(C(=O)c1cccc(-c3ncc[nH]3)c1)C2. The van der Waals surface area contributed by atoms with Crippen molar-refractivity contribution in [2.45, 2.75) is 18.9 Å². The van der Waals surface area contributed by atoms with Crippen LogP contribution in [0.4, 0.5) is 0 Å². The second-order valence-electron chi connectivity index (χ2n) is 7.18. The molecule has 3 aliphatic heterocycles. The van der Waals surface area contributed by atoms with Gasteiger partial charge < -0.3 is 19.5 Å². The van der Waals surface area contributed by atoms with E-state index in [9.17, 15) is 9.59 Å². The summed E-state index contributed by atoms with van der Waals surface area (Å²) in [5.74, 6) is 0.754. The molecule has 1 aromatic heterocycles. The van der Waals surface area contributed by atoms with Crippen molar-refractivity contribution in [3.05, 3.63) is 42.2 Å². The third kappa shape index (κ3) is 3.47. The standard InChI is InChI=1S/C20H24N4O3/c1-27-10-9-24-17-6-5-16(20(24)26)12-23(13-17)19(25)15-4-2-3-14(11-15)18-21-7-8-22-18/h2-4,7-8,11,16-17H,5-6,9-10,12-13H2,1H3,(H,21,22)/t16-,17+/m0/s1. The smallest absolute Gasteiger partial charge is 0.253 e. The Bertz CT molecular complexity index is 820. The molecule has 0 spiro atoms. The normalized spacial score (nSPS) is 22.2. The van der Waals surface area contributed by atoms with Crippen LogP contribution in [-0.2, 0) is 9.53 Å². The minimum Gasteiger partial charge on any atom is -0.383 e. The minimum absolute atomic E-state index is 0.0262. The number of amides is 2. The number of benzene rings is 1. The van der Waals surface area contributed by atoms with E-state index in [0.717, 1.165) is 24.2 Å². The van der Waals surface area contributed by atoms with Crippen molar-refractivity contribution in [3.63, 3.8) is 0 Å². The Kier molecular flexibility index (Phi) is 4.94. The van der Waals surface area contributed by atoms with Crippen LogP contribution in [0.25, 0.3) is 11.4 Å². The van der Waals surface area contributed by atoms with Crippen LogP contribution in [0, 0.1) is 5.92 Å². The van der Waals surface area contributed by atoms with Gasteiger partial charge >= 0.3 is 0 Å². The molecule has 0 radical (unpaired) electrons. The highest BCUT2D eigenvalue weighted by Gasteiger charge is 2.41. The molecule has 5 rings (SSSR count). The molecule has 3 saturated heterocycles. The molecule has 3 aliphatic rings. The highest BCUT2D eigenvalue weighted by Crippen LogP contribution is 2.30. The van der Waals surface area contributed by atoms with E-state index in [1.807, 2.05) is 34.1 Å². The summed E-state index contributed by atoms with van der Waals surface area (Å²) in [4.78, 5) is 37.0. The number of imidazole rings is 1. The van der Waals surface area contributed by atoms with Gasteiger partial charge in [-0.25, -0.2) is 4.98 Å². The molecule has 1 N–H and O–H groups in total. The predicted octanol–water partition coefficient (Wildman–Crippen LogP) is 1.79. The molecular formula is C20H24N4O3. The van der Waals surface area contributed by atoms with Gasteiger partial charge in [-0.15, -0.1) is 0 Å². The summed E-state index contributed by atoms with van der Waals surface area (Å²) < 4.78 is 5.15. The van der Waals surface area contributed by atoms with Crippen LogP contribution in [0.2, 0.25) is 0 Å². The highest BCUT2D eigenvalue weighted by atomic mass is 16.5. The first-order valence-electron chi connectivity index (χ1n) is 9.36. The second kappa shape index (κ2) is 7.52. The molecule has 7 heteroatoms. The van der Waals surface area contributed by atoms with E-state index in [1.54, 1.807) is 19.5 Å². The molecule has 0 aliphatic carbocycles. The van der Waals surface area contributed by atoms with Gasteiger partial charge in [0.1, 0.15) is 5.82 Å². The molecule has 2 aromatic rings. The lowest BCUT2D eigenvalue weighted by Gasteiger charge is -2.35. The molecule has 7 nitrogen and oxygen atoms in total. The number of rotatable bonds is 5. The van der Waals surface area contributed by atoms with Gasteiger partial charge in [-0.2, -0.15) is 0 Å². The van der Waals surface area contributed by atoms with Crippen LogP contribution in [0.1, 0.15) is 23.2 Å². The van der Waals surface area contributed by atoms with Crippen molar-refractivity contribution in [2.24, 2.45) is 5.92 Å². The Balaban J connectivity index is 1.55. The summed E-state index contributed by atoms with van der Waals surface area (Å²) in [6.07, 6.45) is 5.24. The maximum atomic E-state index is 13.2. The summed E-state index contributed by atoms with van der Waals surface area (Å²) >= 11 is 0. The molecule has 0 saturated carbocycles. The van der Waals surface area contributed by atoms with Crippen molar-refractivity contribution in [3.8, 4) is 11.4 Å². The maximum absolute atomic E-state index is 13.2. The zero-order valence-corrected chi connectivity index (χ0v) is 15.4. The van der Waals surface area contributed by atoms with Crippen molar-refractivity contribution in [2.75, 3.05) is 33.4 Å². The van der Waals surface area contributed by atoms with Crippen molar-refractivity contribution in [1.29, 1.82) is 0 Å². The number of methoxy groups -OCH3 is 1. The lowest BCUT2D eigenvalue weighted by molar-refractivity contribution is -0.140. The zero-order chi connectivity index (χ0) is 18.8. The monoisotopic (exact) mass is 368 g/mol. The van der Waals surface area contributed by atoms with Gasteiger partial charge in [0, 0.05) is 56.3 Å². The number of piperidine rings is 1. The summed E-state index contributed by atoms with van der Waals surface area (Å²) in [5.41, 5.74) is 1.50. The van der Waals surface area contributed by atoms with E-state index in [4.69, 9.17) is 4.74 Å². The molecule has 1 aromatic carbocycles. The van der Waals surface area contributed by atoms with Crippen molar-refractivity contribution in [1.82, 2.24) is 19.8 Å². The van der Waals surface area contributed by atoms with Crippen molar-refractivity contribution >= 4 is 11.8 Å². The van der Waals surface area contributed by atoms with Gasteiger partial charge in [0.25, 0.3) is 5.91 Å². The van der Waals surface area contributed by atoms with Crippen LogP contribution in [0.3, 0.4) is 0 Å². The Labute approximate surface area is 158 Å². The third-order valence-corrected chi connectivity index (χ3v) is 5.50. The molecule has 27 heavy (non-hydrogen) atoms. The number of hydrogen-bond acceptors (Lipinski definition) is 4.